The first-order valence-electron chi connectivity index (χ1n) is 9.13. The van der Waals surface area contributed by atoms with Crippen LogP contribution in [-0.4, -0.2) is 48.2 Å². The third-order valence-corrected chi connectivity index (χ3v) is 6.17. The van der Waals surface area contributed by atoms with Crippen molar-refractivity contribution >= 4 is 11.9 Å². The van der Waals surface area contributed by atoms with Gasteiger partial charge in [0, 0.05) is 32.2 Å². The maximum atomic E-state index is 13.0. The van der Waals surface area contributed by atoms with Crippen molar-refractivity contribution in [2.45, 2.75) is 39.5 Å². The molecule has 3 aliphatic rings. The molecular weight excluding hydrogens is 294 g/mol. The summed E-state index contributed by atoms with van der Waals surface area (Å²) in [5, 5.41) is 9.17. The molecule has 5 nitrogen and oxygen atoms in total. The van der Waals surface area contributed by atoms with Crippen LogP contribution in [0, 0.1) is 35.5 Å². The number of fused-ring (bicyclic) bond motifs is 5. The monoisotopic (exact) mass is 323 g/mol. The Morgan fingerprint density at radius 1 is 1.26 bits per heavy atom. The van der Waals surface area contributed by atoms with Crippen LogP contribution in [0.25, 0.3) is 0 Å². The van der Waals surface area contributed by atoms with E-state index in [0.717, 1.165) is 18.3 Å². The van der Waals surface area contributed by atoms with E-state index < -0.39 is 11.9 Å². The van der Waals surface area contributed by atoms with Crippen LogP contribution in [0.5, 0.6) is 0 Å². The van der Waals surface area contributed by atoms with Gasteiger partial charge in [0.05, 0.1) is 5.92 Å². The second-order valence-corrected chi connectivity index (χ2v) is 7.59. The summed E-state index contributed by atoms with van der Waals surface area (Å²) in [6.45, 7) is 5.88. The van der Waals surface area contributed by atoms with Crippen LogP contribution in [0.4, 0.5) is 0 Å². The van der Waals surface area contributed by atoms with Gasteiger partial charge >= 0.3 is 5.97 Å². The Morgan fingerprint density at radius 3 is 2.48 bits per heavy atom. The molecule has 1 amide bonds. The normalized spacial score (nSPS) is 35.0. The summed E-state index contributed by atoms with van der Waals surface area (Å²) < 4.78 is 5.36. The molecule has 1 N–H and O–H groups in total. The van der Waals surface area contributed by atoms with Gasteiger partial charge in [0.15, 0.2) is 0 Å². The number of nitrogens with zero attached hydrogens (tertiary/aromatic N) is 1. The number of carboxylic acid groups (broad SMARTS) is 1. The van der Waals surface area contributed by atoms with Gasteiger partial charge in [-0.3, -0.25) is 9.59 Å². The topological polar surface area (TPSA) is 66.8 Å². The summed E-state index contributed by atoms with van der Waals surface area (Å²) in [4.78, 5) is 25.9. The van der Waals surface area contributed by atoms with E-state index in [4.69, 9.17) is 9.84 Å². The highest BCUT2D eigenvalue weighted by molar-refractivity contribution is 5.83. The Labute approximate surface area is 138 Å². The first-order valence-corrected chi connectivity index (χ1v) is 9.13. The molecule has 0 saturated heterocycles. The SMILES string of the molecule is CCOCCCN(CC(C)C(=O)O)C(=O)C1C2C3CCC(C3)C12. The highest BCUT2D eigenvalue weighted by atomic mass is 16.5. The average Bonchev–Trinajstić information content (AvgIpc) is 2.96. The Morgan fingerprint density at radius 2 is 1.91 bits per heavy atom. The minimum atomic E-state index is -0.830. The van der Waals surface area contributed by atoms with Crippen LogP contribution in [0.2, 0.25) is 0 Å². The highest BCUT2D eigenvalue weighted by Gasteiger charge is 2.67. The molecule has 0 aromatic heterocycles. The molecule has 5 unspecified atom stereocenters. The van der Waals surface area contributed by atoms with Gasteiger partial charge in [0.25, 0.3) is 0 Å². The zero-order valence-corrected chi connectivity index (χ0v) is 14.2. The van der Waals surface area contributed by atoms with Gasteiger partial charge in [-0.25, -0.2) is 0 Å². The summed E-state index contributed by atoms with van der Waals surface area (Å²) in [5.74, 6) is 1.80. The van der Waals surface area contributed by atoms with E-state index >= 15 is 0 Å². The van der Waals surface area contributed by atoms with E-state index in [1.54, 1.807) is 11.8 Å². The summed E-state index contributed by atoms with van der Waals surface area (Å²) >= 11 is 0. The minimum Gasteiger partial charge on any atom is -0.481 e. The number of aliphatic carboxylic acids is 1. The first-order chi connectivity index (χ1) is 11.0. The lowest BCUT2D eigenvalue weighted by Crippen LogP contribution is -2.40. The maximum absolute atomic E-state index is 13.0. The molecule has 3 saturated carbocycles. The molecule has 130 valence electrons. The van der Waals surface area contributed by atoms with Gasteiger partial charge in [0.2, 0.25) is 5.91 Å². The molecule has 0 heterocycles. The van der Waals surface area contributed by atoms with Crippen molar-refractivity contribution in [3.8, 4) is 0 Å². The third kappa shape index (κ3) is 3.25. The Balaban J connectivity index is 1.58. The fourth-order valence-electron chi connectivity index (χ4n) is 5.07. The predicted octanol–water partition coefficient (Wildman–Crippen LogP) is 2.25. The van der Waals surface area contributed by atoms with Crippen LogP contribution < -0.4 is 0 Å². The van der Waals surface area contributed by atoms with Crippen LogP contribution >= 0.6 is 0 Å². The van der Waals surface area contributed by atoms with E-state index in [-0.39, 0.29) is 11.8 Å². The number of amides is 1. The largest absolute Gasteiger partial charge is 0.481 e. The molecule has 0 aromatic rings. The molecule has 0 spiro atoms. The van der Waals surface area contributed by atoms with E-state index in [0.29, 0.717) is 38.1 Å². The number of rotatable bonds is 9. The summed E-state index contributed by atoms with van der Waals surface area (Å²) in [6.07, 6.45) is 4.70. The second kappa shape index (κ2) is 6.80. The van der Waals surface area contributed by atoms with Gasteiger partial charge in [-0.2, -0.15) is 0 Å². The number of ether oxygens (including phenoxy) is 1. The van der Waals surface area contributed by atoms with Gasteiger partial charge in [-0.05, 0) is 56.3 Å². The van der Waals surface area contributed by atoms with Crippen LogP contribution in [0.1, 0.15) is 39.5 Å². The lowest BCUT2D eigenvalue weighted by atomic mass is 10.0. The predicted molar refractivity (Wildman–Crippen MR) is 85.8 cm³/mol. The van der Waals surface area contributed by atoms with E-state index in [9.17, 15) is 9.59 Å². The van der Waals surface area contributed by atoms with Gasteiger partial charge in [-0.1, -0.05) is 6.92 Å². The summed E-state index contributed by atoms with van der Waals surface area (Å²) in [6, 6.07) is 0. The van der Waals surface area contributed by atoms with Gasteiger partial charge < -0.3 is 14.7 Å². The van der Waals surface area contributed by atoms with Crippen molar-refractivity contribution in [2.24, 2.45) is 35.5 Å². The number of carbonyl (C=O) groups excluding carboxylic acids is 1. The lowest BCUT2D eigenvalue weighted by molar-refractivity contribution is -0.143. The van der Waals surface area contributed by atoms with Crippen molar-refractivity contribution in [2.75, 3.05) is 26.3 Å². The Bertz CT molecular complexity index is 450. The van der Waals surface area contributed by atoms with Crippen molar-refractivity contribution < 1.29 is 19.4 Å². The van der Waals surface area contributed by atoms with Crippen LogP contribution in [-0.2, 0) is 14.3 Å². The van der Waals surface area contributed by atoms with Crippen LogP contribution in [0.15, 0.2) is 0 Å². The third-order valence-electron chi connectivity index (χ3n) is 6.17. The second-order valence-electron chi connectivity index (χ2n) is 7.59. The van der Waals surface area contributed by atoms with Crippen molar-refractivity contribution in [3.63, 3.8) is 0 Å². The molecule has 3 fully saturated rings. The van der Waals surface area contributed by atoms with Crippen molar-refractivity contribution in [3.05, 3.63) is 0 Å². The number of hydrogen-bond acceptors (Lipinski definition) is 3. The fraction of sp³-hybridized carbons (Fsp3) is 0.889. The fourth-order valence-corrected chi connectivity index (χ4v) is 5.07. The maximum Gasteiger partial charge on any atom is 0.308 e. The number of carbonyl (C=O) groups is 2. The quantitative estimate of drug-likeness (QED) is 0.661. The molecule has 23 heavy (non-hydrogen) atoms. The number of carboxylic acids is 1. The van der Waals surface area contributed by atoms with E-state index in [1.807, 2.05) is 6.92 Å². The molecule has 0 radical (unpaired) electrons. The van der Waals surface area contributed by atoms with E-state index in [1.165, 1.54) is 19.3 Å². The summed E-state index contributed by atoms with van der Waals surface area (Å²) in [7, 11) is 0. The molecule has 5 heteroatoms. The molecule has 0 aromatic carbocycles. The first kappa shape index (κ1) is 16.7. The zero-order valence-electron chi connectivity index (χ0n) is 14.2. The molecule has 3 aliphatic carbocycles. The zero-order chi connectivity index (χ0) is 16.6. The molecule has 5 atom stereocenters. The standard InChI is InChI=1S/C18H29NO4/c1-3-23-8-4-7-19(10-11(2)18(21)22)17(20)16-14-12-5-6-13(9-12)15(14)16/h11-16H,3-10H2,1-2H3,(H,21,22). The highest BCUT2D eigenvalue weighted by Crippen LogP contribution is 2.69. The number of hydrogen-bond donors (Lipinski definition) is 1. The Kier molecular flexibility index (Phi) is 4.95. The smallest absolute Gasteiger partial charge is 0.308 e. The van der Waals surface area contributed by atoms with Gasteiger partial charge in [0.1, 0.15) is 0 Å². The van der Waals surface area contributed by atoms with Crippen molar-refractivity contribution in [1.82, 2.24) is 4.90 Å². The average molecular weight is 323 g/mol. The lowest BCUT2D eigenvalue weighted by Gasteiger charge is -2.26. The molecular formula is C18H29NO4. The van der Waals surface area contributed by atoms with Crippen LogP contribution in [0.3, 0.4) is 0 Å². The minimum absolute atomic E-state index is 0.189. The molecule has 0 aliphatic heterocycles. The summed E-state index contributed by atoms with van der Waals surface area (Å²) in [5.41, 5.74) is 0. The molecule has 2 bridgehead atoms. The van der Waals surface area contributed by atoms with Gasteiger partial charge in [-0.15, -0.1) is 0 Å². The van der Waals surface area contributed by atoms with E-state index in [2.05, 4.69) is 0 Å². The molecule has 3 rings (SSSR count). The van der Waals surface area contributed by atoms with Crippen molar-refractivity contribution in [1.29, 1.82) is 0 Å². The Hall–Kier alpha value is -1.10.